The van der Waals surface area contributed by atoms with Crippen molar-refractivity contribution in [1.82, 2.24) is 15.3 Å². The Hall–Kier alpha value is -2.57. The molecule has 2 aromatic rings. The lowest BCUT2D eigenvalue weighted by Gasteiger charge is -2.37. The lowest BCUT2D eigenvalue weighted by atomic mass is 9.90. The number of imidazole rings is 1. The Balaban J connectivity index is 1.79. The van der Waals surface area contributed by atoms with Gasteiger partial charge in [-0.1, -0.05) is 6.07 Å². The molecule has 3 rings (SSSR count). The minimum Gasteiger partial charge on any atom is -0.487 e. The normalized spacial score (nSPS) is 19.0. The Bertz CT molecular complexity index is 685. The summed E-state index contributed by atoms with van der Waals surface area (Å²) < 4.78 is 19.2. The van der Waals surface area contributed by atoms with Crippen LogP contribution in [-0.2, 0) is 0 Å². The third kappa shape index (κ3) is 3.03. The second-order valence-electron chi connectivity index (χ2n) is 5.86. The first-order valence-corrected chi connectivity index (χ1v) is 6.97. The molecule has 116 valence electrons. The molecule has 0 radical (unpaired) electrons. The fraction of sp³-hybridized carbons (Fsp3) is 0.333. The largest absolute Gasteiger partial charge is 0.487 e. The third-order valence-corrected chi connectivity index (χ3v) is 3.48. The number of carbonyl (C=O) groups excluding carboxylic acids is 1. The highest BCUT2D eigenvalue weighted by atomic mass is 19.1. The zero-order chi connectivity index (χ0) is 15.7. The SMILES string of the molecule is CC1(C)CC(NC(=O)Nc2cnc[nH]2)c2ccc(F)cc2O1. The highest BCUT2D eigenvalue weighted by Gasteiger charge is 2.34. The van der Waals surface area contributed by atoms with Crippen LogP contribution in [0.1, 0.15) is 31.9 Å². The molecule has 0 saturated carbocycles. The average molecular weight is 304 g/mol. The third-order valence-electron chi connectivity index (χ3n) is 3.48. The van der Waals surface area contributed by atoms with Gasteiger partial charge in [-0.15, -0.1) is 0 Å². The van der Waals surface area contributed by atoms with Gasteiger partial charge in [-0.25, -0.2) is 14.2 Å². The van der Waals surface area contributed by atoms with Crippen LogP contribution in [0.4, 0.5) is 15.0 Å². The molecule has 1 aliphatic heterocycles. The summed E-state index contributed by atoms with van der Waals surface area (Å²) in [5.41, 5.74) is 0.271. The number of halogens is 1. The molecule has 1 atom stereocenters. The maximum Gasteiger partial charge on any atom is 0.320 e. The van der Waals surface area contributed by atoms with E-state index in [1.807, 2.05) is 13.8 Å². The van der Waals surface area contributed by atoms with Gasteiger partial charge in [-0.2, -0.15) is 0 Å². The summed E-state index contributed by atoms with van der Waals surface area (Å²) in [6, 6.07) is 3.73. The summed E-state index contributed by atoms with van der Waals surface area (Å²) in [6.45, 7) is 3.81. The van der Waals surface area contributed by atoms with Crippen molar-refractivity contribution < 1.29 is 13.9 Å². The monoisotopic (exact) mass is 304 g/mol. The number of amides is 2. The van der Waals surface area contributed by atoms with Gasteiger partial charge < -0.3 is 15.0 Å². The van der Waals surface area contributed by atoms with Gasteiger partial charge in [0.25, 0.3) is 0 Å². The van der Waals surface area contributed by atoms with E-state index >= 15 is 0 Å². The van der Waals surface area contributed by atoms with Crippen molar-refractivity contribution in [1.29, 1.82) is 0 Å². The minimum absolute atomic E-state index is 0.262. The molecule has 1 aromatic heterocycles. The van der Waals surface area contributed by atoms with Crippen LogP contribution in [0.3, 0.4) is 0 Å². The number of H-pyrrole nitrogens is 1. The number of benzene rings is 1. The van der Waals surface area contributed by atoms with Gasteiger partial charge in [0.1, 0.15) is 23.0 Å². The van der Waals surface area contributed by atoms with Crippen molar-refractivity contribution in [2.75, 3.05) is 5.32 Å². The zero-order valence-electron chi connectivity index (χ0n) is 12.3. The molecule has 0 aliphatic carbocycles. The van der Waals surface area contributed by atoms with Crippen molar-refractivity contribution in [3.8, 4) is 5.75 Å². The smallest absolute Gasteiger partial charge is 0.320 e. The Labute approximate surface area is 127 Å². The Morgan fingerprint density at radius 1 is 1.50 bits per heavy atom. The average Bonchev–Trinajstić information content (AvgIpc) is 2.89. The molecule has 2 heterocycles. The van der Waals surface area contributed by atoms with Crippen molar-refractivity contribution in [3.05, 3.63) is 42.1 Å². The lowest BCUT2D eigenvalue weighted by molar-refractivity contribution is 0.0678. The number of urea groups is 1. The zero-order valence-corrected chi connectivity index (χ0v) is 12.3. The summed E-state index contributed by atoms with van der Waals surface area (Å²) in [7, 11) is 0. The highest BCUT2D eigenvalue weighted by molar-refractivity contribution is 5.88. The van der Waals surface area contributed by atoms with Crippen LogP contribution in [-0.4, -0.2) is 21.6 Å². The molecule has 0 saturated heterocycles. The maximum absolute atomic E-state index is 13.4. The second-order valence-corrected chi connectivity index (χ2v) is 5.86. The van der Waals surface area contributed by atoms with Crippen molar-refractivity contribution in [2.24, 2.45) is 0 Å². The first-order chi connectivity index (χ1) is 10.4. The van der Waals surface area contributed by atoms with Crippen LogP contribution in [0.25, 0.3) is 0 Å². The standard InChI is InChI=1S/C15H17FN4O2/c1-15(2)6-11(10-4-3-9(16)5-12(10)22-15)19-14(21)20-13-7-17-8-18-13/h3-5,7-8,11H,6H2,1-2H3,(H,17,18)(H2,19,20,21). The Kier molecular flexibility index (Phi) is 3.48. The summed E-state index contributed by atoms with van der Waals surface area (Å²) in [6.07, 6.45) is 3.57. The molecule has 1 aromatic carbocycles. The fourth-order valence-corrected chi connectivity index (χ4v) is 2.60. The predicted octanol–water partition coefficient (Wildman–Crippen LogP) is 2.97. The van der Waals surface area contributed by atoms with Crippen molar-refractivity contribution in [3.63, 3.8) is 0 Å². The van der Waals surface area contributed by atoms with Crippen LogP contribution >= 0.6 is 0 Å². The Morgan fingerprint density at radius 3 is 3.05 bits per heavy atom. The first kappa shape index (κ1) is 14.4. The number of hydrogen-bond donors (Lipinski definition) is 3. The van der Waals surface area contributed by atoms with E-state index < -0.39 is 5.60 Å². The maximum atomic E-state index is 13.4. The molecule has 6 nitrogen and oxygen atoms in total. The molecule has 1 aliphatic rings. The van der Waals surface area contributed by atoms with Gasteiger partial charge >= 0.3 is 6.03 Å². The van der Waals surface area contributed by atoms with Crippen LogP contribution < -0.4 is 15.4 Å². The van der Waals surface area contributed by atoms with Gasteiger partial charge in [0.2, 0.25) is 0 Å². The van der Waals surface area contributed by atoms with Crippen LogP contribution in [0.5, 0.6) is 5.75 Å². The van der Waals surface area contributed by atoms with Gasteiger partial charge in [-0.05, 0) is 19.9 Å². The molecule has 22 heavy (non-hydrogen) atoms. The predicted molar refractivity (Wildman–Crippen MR) is 79.2 cm³/mol. The second kappa shape index (κ2) is 5.32. The van der Waals surface area contributed by atoms with E-state index in [1.54, 1.807) is 6.07 Å². The quantitative estimate of drug-likeness (QED) is 0.798. The lowest BCUT2D eigenvalue weighted by Crippen LogP contribution is -2.42. The van der Waals surface area contributed by atoms with Crippen LogP contribution in [0.15, 0.2) is 30.7 Å². The van der Waals surface area contributed by atoms with E-state index in [0.29, 0.717) is 18.0 Å². The Morgan fingerprint density at radius 2 is 2.32 bits per heavy atom. The summed E-state index contributed by atoms with van der Waals surface area (Å²) in [5.74, 6) is 0.600. The minimum atomic E-state index is -0.493. The van der Waals surface area contributed by atoms with Crippen LogP contribution in [0, 0.1) is 5.82 Å². The van der Waals surface area contributed by atoms with E-state index in [9.17, 15) is 9.18 Å². The van der Waals surface area contributed by atoms with Gasteiger partial charge in [0, 0.05) is 18.1 Å². The van der Waals surface area contributed by atoms with E-state index in [1.165, 1.54) is 24.7 Å². The molecule has 0 fully saturated rings. The number of anilines is 1. The van der Waals surface area contributed by atoms with E-state index in [-0.39, 0.29) is 17.9 Å². The summed E-state index contributed by atoms with van der Waals surface area (Å²) in [5, 5.41) is 5.54. The number of aromatic nitrogens is 2. The molecule has 0 bridgehead atoms. The van der Waals surface area contributed by atoms with Gasteiger partial charge in [0.15, 0.2) is 0 Å². The summed E-state index contributed by atoms with van der Waals surface area (Å²) >= 11 is 0. The first-order valence-electron chi connectivity index (χ1n) is 6.97. The number of hydrogen-bond acceptors (Lipinski definition) is 3. The number of nitrogens with zero attached hydrogens (tertiary/aromatic N) is 1. The number of fused-ring (bicyclic) bond motifs is 1. The molecule has 3 N–H and O–H groups in total. The molecule has 0 spiro atoms. The van der Waals surface area contributed by atoms with E-state index in [0.717, 1.165) is 5.56 Å². The van der Waals surface area contributed by atoms with E-state index in [2.05, 4.69) is 20.6 Å². The number of aromatic amines is 1. The topological polar surface area (TPSA) is 79.0 Å². The van der Waals surface area contributed by atoms with E-state index in [4.69, 9.17) is 4.74 Å². The van der Waals surface area contributed by atoms with Gasteiger partial charge in [-0.3, -0.25) is 5.32 Å². The molecule has 1 unspecified atom stereocenters. The summed E-state index contributed by atoms with van der Waals surface area (Å²) in [4.78, 5) is 18.7. The van der Waals surface area contributed by atoms with Crippen molar-refractivity contribution >= 4 is 11.8 Å². The number of carbonyl (C=O) groups is 1. The molecule has 7 heteroatoms. The number of ether oxygens (including phenoxy) is 1. The van der Waals surface area contributed by atoms with Crippen LogP contribution in [0.2, 0.25) is 0 Å². The number of nitrogens with one attached hydrogen (secondary N) is 3. The number of rotatable bonds is 2. The molecular formula is C15H17FN4O2. The molecule has 2 amide bonds. The molecular weight excluding hydrogens is 287 g/mol. The van der Waals surface area contributed by atoms with Crippen molar-refractivity contribution in [2.45, 2.75) is 31.9 Å². The van der Waals surface area contributed by atoms with Gasteiger partial charge in [0.05, 0.1) is 18.6 Å². The fourth-order valence-electron chi connectivity index (χ4n) is 2.60. The highest BCUT2D eigenvalue weighted by Crippen LogP contribution is 2.39.